The third-order valence-electron chi connectivity index (χ3n) is 8.98. The molecule has 0 radical (unpaired) electrons. The first kappa shape index (κ1) is 35.5. The van der Waals surface area contributed by atoms with E-state index in [-0.39, 0.29) is 18.6 Å². The number of aromatic nitrogens is 1. The maximum atomic E-state index is 14.2. The molecule has 0 aliphatic carbocycles. The largest absolute Gasteiger partial charge is 0.458 e. The van der Waals surface area contributed by atoms with Crippen molar-refractivity contribution < 1.29 is 28.6 Å². The molecule has 11 nitrogen and oxygen atoms in total. The van der Waals surface area contributed by atoms with E-state index in [9.17, 15) is 14.4 Å². The number of nitrogens with one attached hydrogen (secondary N) is 3. The van der Waals surface area contributed by atoms with E-state index in [1.807, 2.05) is 49.5 Å². The van der Waals surface area contributed by atoms with Crippen LogP contribution in [0.25, 0.3) is 10.9 Å². The normalized spacial score (nSPS) is 18.2. The Morgan fingerprint density at radius 2 is 1.92 bits per heavy atom. The van der Waals surface area contributed by atoms with Crippen LogP contribution in [0.15, 0.2) is 42.6 Å². The summed E-state index contributed by atoms with van der Waals surface area (Å²) < 4.78 is 16.7. The van der Waals surface area contributed by atoms with Gasteiger partial charge in [0.1, 0.15) is 17.7 Å². The number of piperidine rings is 1. The lowest BCUT2D eigenvalue weighted by molar-refractivity contribution is -0.159. The van der Waals surface area contributed by atoms with Gasteiger partial charge < -0.3 is 35.6 Å². The maximum absolute atomic E-state index is 14.2. The number of ether oxygens (including phenoxy) is 3. The highest BCUT2D eigenvalue weighted by molar-refractivity contribution is 6.33. The summed E-state index contributed by atoms with van der Waals surface area (Å²) >= 11 is 6.64. The number of fused-ring (bicyclic) bond motifs is 2. The van der Waals surface area contributed by atoms with Crippen LogP contribution in [0.3, 0.4) is 0 Å². The van der Waals surface area contributed by atoms with E-state index >= 15 is 0 Å². The molecule has 48 heavy (non-hydrogen) atoms. The molecule has 12 heteroatoms. The van der Waals surface area contributed by atoms with E-state index in [4.69, 9.17) is 31.5 Å². The average Bonchev–Trinajstić information content (AvgIpc) is 3.71. The summed E-state index contributed by atoms with van der Waals surface area (Å²) in [6.07, 6.45) is 5.10. The number of esters is 1. The SMILES string of the molecule is C[C@@H](c1c[nH]c2ccccc12)[C@H](NC(=O)C1CCCN(Cc2ccc3c(c2Cl)OCO3)C1)C(=O)N[C@@H](CCCCN)C(=O)OC(C)(C)C. The van der Waals surface area contributed by atoms with Crippen LogP contribution in [0.4, 0.5) is 0 Å². The molecular formula is C36H48ClN5O6. The number of benzene rings is 2. The molecule has 1 unspecified atom stereocenters. The molecule has 2 aliphatic heterocycles. The number of hydrogen-bond donors (Lipinski definition) is 4. The zero-order valence-electron chi connectivity index (χ0n) is 28.3. The van der Waals surface area contributed by atoms with E-state index in [0.717, 1.165) is 35.0 Å². The summed E-state index contributed by atoms with van der Waals surface area (Å²) in [6, 6.07) is 9.80. The standard InChI is InChI=1S/C36H48ClN5O6/c1-22(26-18-39-27-12-6-5-11-25(26)27)31(34(44)40-28(13-7-8-16-38)35(45)48-36(2,3)4)41-33(43)24-10-9-17-42(20-24)19-23-14-15-29-32(30(23)37)47-21-46-29/h5-6,11-12,14-15,18,22,24,28,31,39H,7-10,13,16-17,19-21,38H2,1-4H3,(H,40,44)(H,41,43)/t22-,24?,28-,31-/m0/s1. The van der Waals surface area contributed by atoms with Crippen molar-refractivity contribution in [3.8, 4) is 11.5 Å². The Bertz CT molecular complexity index is 1600. The van der Waals surface area contributed by atoms with Crippen molar-refractivity contribution >= 4 is 40.3 Å². The van der Waals surface area contributed by atoms with Gasteiger partial charge in [0, 0.05) is 36.1 Å². The predicted octanol–water partition coefficient (Wildman–Crippen LogP) is 5.01. The van der Waals surface area contributed by atoms with E-state index in [0.29, 0.717) is 61.8 Å². The van der Waals surface area contributed by atoms with Crippen LogP contribution in [0.1, 0.15) is 76.8 Å². The van der Waals surface area contributed by atoms with Gasteiger partial charge in [-0.25, -0.2) is 4.79 Å². The molecule has 2 aromatic carbocycles. The minimum atomic E-state index is -0.949. The number of halogens is 1. The van der Waals surface area contributed by atoms with Crippen molar-refractivity contribution in [2.45, 2.75) is 89.9 Å². The first-order valence-electron chi connectivity index (χ1n) is 16.8. The number of hydrogen-bond acceptors (Lipinski definition) is 8. The second-order valence-electron chi connectivity index (χ2n) is 13.8. The smallest absolute Gasteiger partial charge is 0.329 e. The quantitative estimate of drug-likeness (QED) is 0.146. The third kappa shape index (κ3) is 8.61. The zero-order chi connectivity index (χ0) is 34.4. The number of likely N-dealkylation sites (tertiary alicyclic amines) is 1. The van der Waals surface area contributed by atoms with E-state index in [1.165, 1.54) is 0 Å². The van der Waals surface area contributed by atoms with E-state index in [2.05, 4.69) is 20.5 Å². The Balaban J connectivity index is 1.34. The topological polar surface area (TPSA) is 148 Å². The molecule has 4 atom stereocenters. The Morgan fingerprint density at radius 3 is 2.69 bits per heavy atom. The number of para-hydroxylation sites is 1. The average molecular weight is 682 g/mol. The zero-order valence-corrected chi connectivity index (χ0v) is 29.0. The summed E-state index contributed by atoms with van der Waals surface area (Å²) in [5.74, 6) is -0.744. The van der Waals surface area contributed by atoms with Crippen LogP contribution in [0.2, 0.25) is 5.02 Å². The van der Waals surface area contributed by atoms with Crippen molar-refractivity contribution in [1.82, 2.24) is 20.5 Å². The number of carbonyl (C=O) groups excluding carboxylic acids is 3. The van der Waals surface area contributed by atoms with Crippen LogP contribution in [-0.4, -0.2) is 71.8 Å². The highest BCUT2D eigenvalue weighted by Gasteiger charge is 2.36. The maximum Gasteiger partial charge on any atom is 0.329 e. The molecule has 5 N–H and O–H groups in total. The fourth-order valence-electron chi connectivity index (χ4n) is 6.47. The first-order valence-corrected chi connectivity index (χ1v) is 17.2. The van der Waals surface area contributed by atoms with Crippen molar-refractivity contribution in [3.63, 3.8) is 0 Å². The molecule has 1 aromatic heterocycles. The summed E-state index contributed by atoms with van der Waals surface area (Å²) in [4.78, 5) is 46.9. The Hall–Kier alpha value is -3.80. The molecule has 1 fully saturated rings. The molecular weight excluding hydrogens is 634 g/mol. The molecule has 0 spiro atoms. The van der Waals surface area contributed by atoms with Crippen molar-refractivity contribution in [1.29, 1.82) is 0 Å². The minimum absolute atomic E-state index is 0.141. The van der Waals surface area contributed by atoms with Crippen LogP contribution in [-0.2, 0) is 25.7 Å². The van der Waals surface area contributed by atoms with Crippen LogP contribution in [0.5, 0.6) is 11.5 Å². The molecule has 3 aromatic rings. The van der Waals surface area contributed by atoms with E-state index < -0.39 is 35.5 Å². The minimum Gasteiger partial charge on any atom is -0.458 e. The highest BCUT2D eigenvalue weighted by atomic mass is 35.5. The van der Waals surface area contributed by atoms with Gasteiger partial charge in [0.15, 0.2) is 11.5 Å². The number of carbonyl (C=O) groups is 3. The Morgan fingerprint density at radius 1 is 1.12 bits per heavy atom. The molecule has 2 aliphatic rings. The van der Waals surface area contributed by atoms with Crippen molar-refractivity contribution in [3.05, 3.63) is 58.7 Å². The second kappa shape index (κ2) is 15.6. The summed E-state index contributed by atoms with van der Waals surface area (Å²) in [5, 5.41) is 7.53. The van der Waals surface area contributed by atoms with Gasteiger partial charge >= 0.3 is 5.97 Å². The fourth-order valence-corrected chi connectivity index (χ4v) is 6.74. The molecule has 260 valence electrons. The van der Waals surface area contributed by atoms with Crippen LogP contribution < -0.4 is 25.8 Å². The molecule has 3 heterocycles. The van der Waals surface area contributed by atoms with Gasteiger partial charge in [-0.2, -0.15) is 0 Å². The molecule has 5 rings (SSSR count). The van der Waals surface area contributed by atoms with Crippen molar-refractivity contribution in [2.75, 3.05) is 26.4 Å². The van der Waals surface area contributed by atoms with Gasteiger partial charge in [0.25, 0.3) is 0 Å². The molecule has 1 saturated heterocycles. The number of aromatic amines is 1. The third-order valence-corrected chi connectivity index (χ3v) is 9.39. The number of H-pyrrole nitrogens is 1. The van der Waals surface area contributed by atoms with Gasteiger partial charge in [-0.15, -0.1) is 0 Å². The predicted molar refractivity (Wildman–Crippen MR) is 185 cm³/mol. The van der Waals surface area contributed by atoms with Gasteiger partial charge in [0.05, 0.1) is 10.9 Å². The number of rotatable bonds is 13. The van der Waals surface area contributed by atoms with Crippen molar-refractivity contribution in [2.24, 2.45) is 11.7 Å². The molecule has 0 bridgehead atoms. The summed E-state index contributed by atoms with van der Waals surface area (Å²) in [7, 11) is 0. The summed E-state index contributed by atoms with van der Waals surface area (Å²) in [5.41, 5.74) is 7.71. The lowest BCUT2D eigenvalue weighted by Crippen LogP contribution is -2.56. The Labute approximate surface area is 287 Å². The molecule has 2 amide bonds. The lowest BCUT2D eigenvalue weighted by Gasteiger charge is -2.34. The summed E-state index contributed by atoms with van der Waals surface area (Å²) in [6.45, 7) is 9.78. The van der Waals surface area contributed by atoms with Gasteiger partial charge in [-0.1, -0.05) is 42.8 Å². The lowest BCUT2D eigenvalue weighted by atomic mass is 9.90. The monoisotopic (exact) mass is 681 g/mol. The number of nitrogens with two attached hydrogens (primary N) is 1. The van der Waals surface area contributed by atoms with Crippen LogP contribution >= 0.6 is 11.6 Å². The van der Waals surface area contributed by atoms with Gasteiger partial charge in [0.2, 0.25) is 18.6 Å². The highest BCUT2D eigenvalue weighted by Crippen LogP contribution is 2.41. The first-order chi connectivity index (χ1) is 22.9. The number of nitrogens with zero attached hydrogens (tertiary/aromatic N) is 1. The Kier molecular flexibility index (Phi) is 11.5. The number of amides is 2. The van der Waals surface area contributed by atoms with E-state index in [1.54, 1.807) is 20.8 Å². The second-order valence-corrected chi connectivity index (χ2v) is 14.2. The van der Waals surface area contributed by atoms with Crippen LogP contribution in [0, 0.1) is 5.92 Å². The van der Waals surface area contributed by atoms with Gasteiger partial charge in [-0.3, -0.25) is 14.5 Å². The fraction of sp³-hybridized carbons (Fsp3) is 0.528. The van der Waals surface area contributed by atoms with Gasteiger partial charge in [-0.05, 0) is 89.2 Å². The number of unbranched alkanes of at least 4 members (excludes halogenated alkanes) is 1. The molecule has 0 saturated carbocycles.